The zero-order valence-corrected chi connectivity index (χ0v) is 12.1. The highest BCUT2D eigenvalue weighted by molar-refractivity contribution is 6.33. The van der Waals surface area contributed by atoms with Crippen LogP contribution in [0.4, 0.5) is 0 Å². The highest BCUT2D eigenvalue weighted by atomic mass is 35.5. The van der Waals surface area contributed by atoms with E-state index in [-0.39, 0.29) is 0 Å². The molecule has 1 N–H and O–H groups in total. The SMILES string of the molecule is CN(C)CCN=Cc1c(-c2ccccc2Cl)[nH]oc1=O. The molecular formula is C14H16ClN3O2. The number of halogens is 1. The van der Waals surface area contributed by atoms with Gasteiger partial charge in [0.1, 0.15) is 5.56 Å². The summed E-state index contributed by atoms with van der Waals surface area (Å²) >= 11 is 6.13. The number of aromatic amines is 1. The van der Waals surface area contributed by atoms with E-state index in [2.05, 4.69) is 10.1 Å². The fourth-order valence-corrected chi connectivity index (χ4v) is 1.93. The number of aromatic nitrogens is 1. The van der Waals surface area contributed by atoms with Crippen molar-refractivity contribution in [1.82, 2.24) is 10.1 Å². The minimum absolute atomic E-state index is 0.386. The first-order valence-corrected chi connectivity index (χ1v) is 6.58. The lowest BCUT2D eigenvalue weighted by Crippen LogP contribution is -2.15. The Bertz CT molecular complexity index is 658. The third-order valence-electron chi connectivity index (χ3n) is 2.77. The van der Waals surface area contributed by atoms with Gasteiger partial charge in [0.15, 0.2) is 0 Å². The van der Waals surface area contributed by atoms with Crippen LogP contribution in [-0.4, -0.2) is 43.5 Å². The Morgan fingerprint density at radius 1 is 1.40 bits per heavy atom. The molecule has 106 valence electrons. The van der Waals surface area contributed by atoms with E-state index in [0.717, 1.165) is 6.54 Å². The van der Waals surface area contributed by atoms with Gasteiger partial charge in [-0.2, -0.15) is 0 Å². The molecule has 2 rings (SSSR count). The maximum Gasteiger partial charge on any atom is 0.366 e. The summed E-state index contributed by atoms with van der Waals surface area (Å²) in [6, 6.07) is 7.25. The van der Waals surface area contributed by atoms with Crippen molar-refractivity contribution in [3.63, 3.8) is 0 Å². The minimum Gasteiger partial charge on any atom is -0.338 e. The van der Waals surface area contributed by atoms with Gasteiger partial charge < -0.3 is 9.42 Å². The summed E-state index contributed by atoms with van der Waals surface area (Å²) < 4.78 is 4.84. The molecule has 1 heterocycles. The maximum absolute atomic E-state index is 11.7. The van der Waals surface area contributed by atoms with Crippen molar-refractivity contribution in [3.8, 4) is 11.3 Å². The summed E-state index contributed by atoms with van der Waals surface area (Å²) in [5.41, 5.74) is 1.20. The van der Waals surface area contributed by atoms with Gasteiger partial charge in [0.25, 0.3) is 0 Å². The molecular weight excluding hydrogens is 278 g/mol. The molecule has 20 heavy (non-hydrogen) atoms. The van der Waals surface area contributed by atoms with Crippen LogP contribution < -0.4 is 5.63 Å². The highest BCUT2D eigenvalue weighted by Crippen LogP contribution is 2.26. The van der Waals surface area contributed by atoms with Crippen LogP contribution in [0.3, 0.4) is 0 Å². The fraction of sp³-hybridized carbons (Fsp3) is 0.286. The van der Waals surface area contributed by atoms with E-state index in [0.29, 0.717) is 28.4 Å². The number of nitrogens with one attached hydrogen (secondary N) is 1. The summed E-state index contributed by atoms with van der Waals surface area (Å²) in [4.78, 5) is 18.0. The van der Waals surface area contributed by atoms with Gasteiger partial charge in [-0.25, -0.2) is 9.95 Å². The Balaban J connectivity index is 2.29. The molecule has 0 bridgehead atoms. The Kier molecular flexibility index (Phi) is 4.76. The van der Waals surface area contributed by atoms with Crippen LogP contribution in [-0.2, 0) is 0 Å². The molecule has 0 amide bonds. The molecule has 6 heteroatoms. The summed E-state index contributed by atoms with van der Waals surface area (Å²) in [5.74, 6) is 0. The van der Waals surface area contributed by atoms with Gasteiger partial charge in [-0.3, -0.25) is 4.99 Å². The second-order valence-corrected chi connectivity index (χ2v) is 5.01. The normalized spacial score (nSPS) is 11.6. The van der Waals surface area contributed by atoms with Crippen molar-refractivity contribution in [2.45, 2.75) is 0 Å². The van der Waals surface area contributed by atoms with E-state index in [4.69, 9.17) is 16.1 Å². The van der Waals surface area contributed by atoms with E-state index >= 15 is 0 Å². The topological polar surface area (TPSA) is 61.6 Å². The second-order valence-electron chi connectivity index (χ2n) is 4.60. The molecule has 0 unspecified atom stereocenters. The molecule has 0 saturated heterocycles. The lowest BCUT2D eigenvalue weighted by molar-refractivity contribution is 0.393. The first kappa shape index (κ1) is 14.6. The van der Waals surface area contributed by atoms with E-state index in [1.807, 2.05) is 37.2 Å². The number of hydrogen-bond acceptors (Lipinski definition) is 4. The van der Waals surface area contributed by atoms with Crippen LogP contribution in [0, 0.1) is 0 Å². The Morgan fingerprint density at radius 2 is 2.15 bits per heavy atom. The predicted molar refractivity (Wildman–Crippen MR) is 80.8 cm³/mol. The molecule has 0 aliphatic carbocycles. The number of rotatable bonds is 5. The number of aliphatic imine (C=N–C) groups is 1. The first-order valence-electron chi connectivity index (χ1n) is 6.20. The van der Waals surface area contributed by atoms with Gasteiger partial charge >= 0.3 is 5.63 Å². The Hall–Kier alpha value is -1.85. The summed E-state index contributed by atoms with van der Waals surface area (Å²) in [6.07, 6.45) is 1.53. The fourth-order valence-electron chi connectivity index (χ4n) is 1.70. The van der Waals surface area contributed by atoms with E-state index in [9.17, 15) is 4.79 Å². The average Bonchev–Trinajstić information content (AvgIpc) is 2.76. The number of H-pyrrole nitrogens is 1. The van der Waals surface area contributed by atoms with Gasteiger partial charge in [-0.05, 0) is 20.2 Å². The Labute approximate surface area is 121 Å². The molecule has 0 aliphatic rings. The number of hydrogen-bond donors (Lipinski definition) is 1. The summed E-state index contributed by atoms with van der Waals surface area (Å²) in [5, 5.41) is 3.16. The molecule has 5 nitrogen and oxygen atoms in total. The zero-order chi connectivity index (χ0) is 14.5. The number of likely N-dealkylation sites (N-methyl/N-ethyl adjacent to an activating group) is 1. The predicted octanol–water partition coefficient (Wildman–Crippen LogP) is 2.27. The van der Waals surface area contributed by atoms with Gasteiger partial charge in [0, 0.05) is 18.3 Å². The van der Waals surface area contributed by atoms with Crippen LogP contribution in [0.1, 0.15) is 5.56 Å². The number of nitrogens with zero attached hydrogens (tertiary/aromatic N) is 2. The molecule has 0 fully saturated rings. The molecule has 1 aromatic heterocycles. The van der Waals surface area contributed by atoms with Crippen LogP contribution in [0.15, 0.2) is 38.6 Å². The largest absolute Gasteiger partial charge is 0.366 e. The lowest BCUT2D eigenvalue weighted by Gasteiger charge is -2.05. The molecule has 0 saturated carbocycles. The standard InChI is InChI=1S/C14H16ClN3O2/c1-18(2)8-7-16-9-11-13(17-20-14(11)19)10-5-3-4-6-12(10)15/h3-6,9,17H,7-8H2,1-2H3. The number of benzene rings is 1. The monoisotopic (exact) mass is 293 g/mol. The lowest BCUT2D eigenvalue weighted by atomic mass is 10.1. The van der Waals surface area contributed by atoms with Crippen molar-refractivity contribution in [2.24, 2.45) is 4.99 Å². The molecule has 0 atom stereocenters. The smallest absolute Gasteiger partial charge is 0.338 e. The molecule has 1 aromatic carbocycles. The molecule has 0 aliphatic heterocycles. The van der Waals surface area contributed by atoms with Gasteiger partial charge in [-0.15, -0.1) is 0 Å². The molecule has 0 spiro atoms. The third-order valence-corrected chi connectivity index (χ3v) is 3.10. The van der Waals surface area contributed by atoms with Gasteiger partial charge in [0.05, 0.1) is 17.3 Å². The van der Waals surface area contributed by atoms with Crippen molar-refractivity contribution < 1.29 is 4.52 Å². The summed E-state index contributed by atoms with van der Waals surface area (Å²) in [6.45, 7) is 1.42. The average molecular weight is 294 g/mol. The minimum atomic E-state index is -0.450. The van der Waals surface area contributed by atoms with Crippen LogP contribution >= 0.6 is 11.6 Å². The van der Waals surface area contributed by atoms with Crippen LogP contribution in [0.2, 0.25) is 5.02 Å². The highest BCUT2D eigenvalue weighted by Gasteiger charge is 2.14. The first-order chi connectivity index (χ1) is 9.59. The molecule has 2 aromatic rings. The van der Waals surface area contributed by atoms with Crippen LogP contribution in [0.5, 0.6) is 0 Å². The van der Waals surface area contributed by atoms with Crippen LogP contribution in [0.25, 0.3) is 11.3 Å². The van der Waals surface area contributed by atoms with Gasteiger partial charge in [-0.1, -0.05) is 29.8 Å². The van der Waals surface area contributed by atoms with Crippen molar-refractivity contribution in [1.29, 1.82) is 0 Å². The second kappa shape index (κ2) is 6.54. The molecule has 0 radical (unpaired) electrons. The quantitative estimate of drug-likeness (QED) is 0.860. The zero-order valence-electron chi connectivity index (χ0n) is 11.4. The van der Waals surface area contributed by atoms with E-state index < -0.39 is 5.63 Å². The maximum atomic E-state index is 11.7. The summed E-state index contributed by atoms with van der Waals surface area (Å²) in [7, 11) is 3.94. The Morgan fingerprint density at radius 3 is 2.85 bits per heavy atom. The van der Waals surface area contributed by atoms with Crippen molar-refractivity contribution in [2.75, 3.05) is 27.2 Å². The van der Waals surface area contributed by atoms with E-state index in [1.54, 1.807) is 6.07 Å². The van der Waals surface area contributed by atoms with Crippen molar-refractivity contribution in [3.05, 3.63) is 45.3 Å². The van der Waals surface area contributed by atoms with E-state index in [1.165, 1.54) is 6.21 Å². The van der Waals surface area contributed by atoms with Gasteiger partial charge in [0.2, 0.25) is 0 Å². The van der Waals surface area contributed by atoms with Crippen molar-refractivity contribution >= 4 is 17.8 Å². The third kappa shape index (κ3) is 3.37.